The van der Waals surface area contributed by atoms with Gasteiger partial charge >= 0.3 is 5.97 Å². The number of carboxylic acids is 1. The van der Waals surface area contributed by atoms with Crippen molar-refractivity contribution in [1.29, 1.82) is 0 Å². The van der Waals surface area contributed by atoms with Crippen molar-refractivity contribution in [1.82, 2.24) is 4.98 Å². The number of carbonyl (C=O) groups is 1. The molecule has 0 atom stereocenters. The van der Waals surface area contributed by atoms with Crippen molar-refractivity contribution >= 4 is 23.4 Å². The molecule has 1 heterocycles. The van der Waals surface area contributed by atoms with Crippen LogP contribution in [-0.2, 0) is 0 Å². The van der Waals surface area contributed by atoms with Gasteiger partial charge in [-0.05, 0) is 30.3 Å². The summed E-state index contributed by atoms with van der Waals surface area (Å²) < 4.78 is 5.07. The fourth-order valence-electron chi connectivity index (χ4n) is 1.48. The molecule has 1 aromatic heterocycles. The molecule has 2 rings (SSSR count). The van der Waals surface area contributed by atoms with Crippen LogP contribution in [0.3, 0.4) is 0 Å². The van der Waals surface area contributed by atoms with Crippen LogP contribution in [0.2, 0.25) is 0 Å². The molecule has 0 amide bonds. The second kappa shape index (κ2) is 5.62. The number of rotatable bonds is 4. The van der Waals surface area contributed by atoms with Crippen molar-refractivity contribution in [2.24, 2.45) is 0 Å². The lowest BCUT2D eigenvalue weighted by Crippen LogP contribution is -2.04. The van der Waals surface area contributed by atoms with Crippen LogP contribution in [0.1, 0.15) is 10.4 Å². The Hall–Kier alpha value is -2.21. The molecule has 6 heteroatoms. The van der Waals surface area contributed by atoms with E-state index < -0.39 is 5.97 Å². The first-order valence-corrected chi connectivity index (χ1v) is 6.23. The maximum atomic E-state index is 11.0. The molecule has 0 unspecified atom stereocenters. The van der Waals surface area contributed by atoms with Crippen molar-refractivity contribution in [3.05, 3.63) is 42.1 Å². The minimum absolute atomic E-state index is 0.0611. The molecule has 1 aromatic carbocycles. The van der Waals surface area contributed by atoms with E-state index in [2.05, 4.69) is 4.98 Å². The van der Waals surface area contributed by atoms with Crippen LogP contribution >= 0.6 is 11.8 Å². The van der Waals surface area contributed by atoms with Crippen molar-refractivity contribution in [2.75, 3.05) is 12.8 Å². The summed E-state index contributed by atoms with van der Waals surface area (Å²) in [5.74, 6) is -0.305. The zero-order valence-corrected chi connectivity index (χ0v) is 11.0. The molecule has 0 fully saturated rings. The van der Waals surface area contributed by atoms with Crippen molar-refractivity contribution in [2.45, 2.75) is 9.92 Å². The number of methoxy groups -OCH3 is 1. The predicted molar refractivity (Wildman–Crippen MR) is 72.7 cm³/mol. The number of nitrogens with two attached hydrogens (primary N) is 1. The van der Waals surface area contributed by atoms with E-state index in [4.69, 9.17) is 15.6 Å². The number of ether oxygens (including phenoxy) is 1. The molecule has 19 heavy (non-hydrogen) atoms. The molecule has 2 aromatic rings. The summed E-state index contributed by atoms with van der Waals surface area (Å²) in [6.07, 6.45) is 1.44. The topological polar surface area (TPSA) is 85.4 Å². The first-order valence-electron chi connectivity index (χ1n) is 5.41. The molecular weight excluding hydrogens is 264 g/mol. The van der Waals surface area contributed by atoms with Gasteiger partial charge in [-0.3, -0.25) is 0 Å². The Morgan fingerprint density at radius 3 is 2.58 bits per heavy atom. The standard InChI is InChI=1S/C13H12N2O3S/c1-18-8-2-4-9(5-3-8)19-12-11(14)10(13(16)17)6-7-15-12/h2-7H,14H2,1H3,(H,16,17). The fraction of sp³-hybridized carbons (Fsp3) is 0.0769. The SMILES string of the molecule is COc1ccc(Sc2nccc(C(=O)O)c2N)cc1. The van der Waals surface area contributed by atoms with Gasteiger partial charge in [-0.25, -0.2) is 9.78 Å². The first-order chi connectivity index (χ1) is 9.11. The number of hydrogen-bond donors (Lipinski definition) is 2. The molecule has 0 spiro atoms. The zero-order valence-electron chi connectivity index (χ0n) is 10.2. The summed E-state index contributed by atoms with van der Waals surface area (Å²) in [6, 6.07) is 8.74. The number of nitrogens with zero attached hydrogens (tertiary/aromatic N) is 1. The van der Waals surface area contributed by atoms with Gasteiger partial charge in [0.2, 0.25) is 0 Å². The summed E-state index contributed by atoms with van der Waals surface area (Å²) in [5, 5.41) is 9.47. The Morgan fingerprint density at radius 1 is 1.32 bits per heavy atom. The fourth-order valence-corrected chi connectivity index (χ4v) is 2.31. The van der Waals surface area contributed by atoms with Gasteiger partial charge in [0, 0.05) is 11.1 Å². The van der Waals surface area contributed by atoms with Gasteiger partial charge < -0.3 is 15.6 Å². The molecule has 0 bridgehead atoms. The molecule has 0 radical (unpaired) electrons. The molecule has 98 valence electrons. The average Bonchev–Trinajstić information content (AvgIpc) is 2.41. The number of aromatic nitrogens is 1. The molecule has 5 nitrogen and oxygen atoms in total. The molecule has 0 aliphatic heterocycles. The number of carboxylic acid groups (broad SMARTS) is 1. The van der Waals surface area contributed by atoms with E-state index in [1.54, 1.807) is 7.11 Å². The quantitative estimate of drug-likeness (QED) is 0.892. The summed E-state index contributed by atoms with van der Waals surface area (Å²) in [4.78, 5) is 16.0. The van der Waals surface area contributed by atoms with Gasteiger partial charge in [-0.15, -0.1) is 0 Å². The van der Waals surface area contributed by atoms with Crippen LogP contribution in [-0.4, -0.2) is 23.2 Å². The second-order valence-electron chi connectivity index (χ2n) is 3.66. The lowest BCUT2D eigenvalue weighted by molar-refractivity contribution is 0.0697. The number of nitrogen functional groups attached to an aromatic ring is 1. The summed E-state index contributed by atoms with van der Waals surface area (Å²) in [6.45, 7) is 0. The summed E-state index contributed by atoms with van der Waals surface area (Å²) in [7, 11) is 1.60. The lowest BCUT2D eigenvalue weighted by atomic mass is 10.2. The summed E-state index contributed by atoms with van der Waals surface area (Å²) in [5.41, 5.74) is 6.04. The third-order valence-corrected chi connectivity index (χ3v) is 3.48. The summed E-state index contributed by atoms with van der Waals surface area (Å²) >= 11 is 1.31. The van der Waals surface area contributed by atoms with Crippen LogP contribution < -0.4 is 10.5 Å². The maximum Gasteiger partial charge on any atom is 0.337 e. The third-order valence-electron chi connectivity index (χ3n) is 2.46. The molecular formula is C13H12N2O3S. The first kappa shape index (κ1) is 13.2. The predicted octanol–water partition coefficient (Wildman–Crippen LogP) is 2.52. The molecule has 0 saturated heterocycles. The molecule has 0 aliphatic rings. The highest BCUT2D eigenvalue weighted by Crippen LogP contribution is 2.32. The van der Waals surface area contributed by atoms with Crippen LogP contribution in [0.25, 0.3) is 0 Å². The smallest absolute Gasteiger partial charge is 0.337 e. The van der Waals surface area contributed by atoms with Gasteiger partial charge in [-0.1, -0.05) is 11.8 Å². The van der Waals surface area contributed by atoms with Crippen molar-refractivity contribution < 1.29 is 14.6 Å². The highest BCUT2D eigenvalue weighted by molar-refractivity contribution is 7.99. The van der Waals surface area contributed by atoms with E-state index in [1.807, 2.05) is 24.3 Å². The average molecular weight is 276 g/mol. The Kier molecular flexibility index (Phi) is 3.91. The van der Waals surface area contributed by atoms with E-state index in [0.29, 0.717) is 5.03 Å². The van der Waals surface area contributed by atoms with E-state index in [9.17, 15) is 4.79 Å². The monoisotopic (exact) mass is 276 g/mol. The largest absolute Gasteiger partial charge is 0.497 e. The van der Waals surface area contributed by atoms with Gasteiger partial charge in [0.25, 0.3) is 0 Å². The third kappa shape index (κ3) is 2.97. The number of hydrogen-bond acceptors (Lipinski definition) is 5. The number of pyridine rings is 1. The van der Waals surface area contributed by atoms with Gasteiger partial charge in [0.05, 0.1) is 18.4 Å². The maximum absolute atomic E-state index is 11.0. The normalized spacial score (nSPS) is 10.2. The van der Waals surface area contributed by atoms with E-state index in [0.717, 1.165) is 10.6 Å². The Labute approximate surface area is 114 Å². The van der Waals surface area contributed by atoms with Gasteiger partial charge in [0.1, 0.15) is 10.8 Å². The number of anilines is 1. The Balaban J connectivity index is 2.27. The minimum atomic E-state index is -1.06. The molecule has 0 aliphatic carbocycles. The van der Waals surface area contributed by atoms with Gasteiger partial charge in [0.15, 0.2) is 0 Å². The minimum Gasteiger partial charge on any atom is -0.497 e. The van der Waals surface area contributed by atoms with E-state index in [-0.39, 0.29) is 11.3 Å². The van der Waals surface area contributed by atoms with E-state index >= 15 is 0 Å². The van der Waals surface area contributed by atoms with Gasteiger partial charge in [-0.2, -0.15) is 0 Å². The zero-order chi connectivity index (χ0) is 13.8. The van der Waals surface area contributed by atoms with E-state index in [1.165, 1.54) is 24.0 Å². The lowest BCUT2D eigenvalue weighted by Gasteiger charge is -2.07. The molecule has 0 saturated carbocycles. The number of benzene rings is 1. The van der Waals surface area contributed by atoms with Crippen LogP contribution in [0.4, 0.5) is 5.69 Å². The Bertz CT molecular complexity index is 599. The van der Waals surface area contributed by atoms with Crippen LogP contribution in [0, 0.1) is 0 Å². The van der Waals surface area contributed by atoms with Crippen LogP contribution in [0.5, 0.6) is 5.75 Å². The highest BCUT2D eigenvalue weighted by atomic mass is 32.2. The molecule has 3 N–H and O–H groups in total. The Morgan fingerprint density at radius 2 is 2.00 bits per heavy atom. The second-order valence-corrected chi connectivity index (χ2v) is 4.72. The van der Waals surface area contributed by atoms with Crippen LogP contribution in [0.15, 0.2) is 46.5 Å². The van der Waals surface area contributed by atoms with Crippen molar-refractivity contribution in [3.63, 3.8) is 0 Å². The highest BCUT2D eigenvalue weighted by Gasteiger charge is 2.13. The van der Waals surface area contributed by atoms with Crippen molar-refractivity contribution in [3.8, 4) is 5.75 Å². The number of aromatic carboxylic acids is 1.